The van der Waals surface area contributed by atoms with Gasteiger partial charge in [0, 0.05) is 20.8 Å². The summed E-state index contributed by atoms with van der Waals surface area (Å²) in [7, 11) is 2.67. The van der Waals surface area contributed by atoms with Crippen LogP contribution in [0.5, 0.6) is 0 Å². The molecule has 3 nitrogen and oxygen atoms in total. The summed E-state index contributed by atoms with van der Waals surface area (Å²) in [6, 6.07) is 2.56. The van der Waals surface area contributed by atoms with E-state index in [0.29, 0.717) is 6.54 Å². The number of ether oxygens (including phenoxy) is 2. The van der Waals surface area contributed by atoms with Crippen molar-refractivity contribution in [1.82, 2.24) is 0 Å². The molecule has 0 unspecified atom stereocenters. The first-order valence-electron chi connectivity index (χ1n) is 5.43. The van der Waals surface area contributed by atoms with Gasteiger partial charge >= 0.3 is 0 Å². The van der Waals surface area contributed by atoms with Gasteiger partial charge in [0.25, 0.3) is 0 Å². The lowest BCUT2D eigenvalue weighted by Crippen LogP contribution is -2.12. The lowest BCUT2D eigenvalue weighted by Gasteiger charge is -2.17. The number of nitrogens with one attached hydrogen (secondary N) is 1. The van der Waals surface area contributed by atoms with Crippen LogP contribution in [-0.2, 0) is 9.47 Å². The Kier molecular flexibility index (Phi) is 5.31. The molecule has 0 aliphatic rings. The van der Waals surface area contributed by atoms with Crippen molar-refractivity contribution < 1.29 is 18.3 Å². The second-order valence-corrected chi connectivity index (χ2v) is 3.55. The molecule has 1 aromatic carbocycles. The Hall–Kier alpha value is -1.20. The molecule has 0 aromatic heterocycles. The molecule has 1 rings (SSSR count). The number of halogens is 2. The zero-order valence-corrected chi connectivity index (χ0v) is 10.2. The van der Waals surface area contributed by atoms with E-state index in [4.69, 9.17) is 9.47 Å². The normalized spacial score (nSPS) is 10.9. The second kappa shape index (κ2) is 6.51. The molecule has 5 heteroatoms. The van der Waals surface area contributed by atoms with E-state index in [9.17, 15) is 8.78 Å². The van der Waals surface area contributed by atoms with Gasteiger partial charge in [0.15, 0.2) is 12.1 Å². The average Bonchev–Trinajstić information content (AvgIpc) is 2.33. The van der Waals surface area contributed by atoms with Crippen molar-refractivity contribution in [2.24, 2.45) is 0 Å². The van der Waals surface area contributed by atoms with E-state index >= 15 is 0 Å². The van der Waals surface area contributed by atoms with Crippen molar-refractivity contribution in [2.45, 2.75) is 19.6 Å². The Morgan fingerprint density at radius 3 is 2.41 bits per heavy atom. The first kappa shape index (κ1) is 13.9. The predicted octanol–water partition coefficient (Wildman–Crippen LogP) is 3.08. The van der Waals surface area contributed by atoms with Crippen LogP contribution in [-0.4, -0.2) is 20.8 Å². The molecular weight excluding hydrogens is 228 g/mol. The molecule has 0 fully saturated rings. The Balaban J connectivity index is 3.09. The fraction of sp³-hybridized carbons (Fsp3) is 0.500. The summed E-state index contributed by atoms with van der Waals surface area (Å²) >= 11 is 0. The largest absolute Gasteiger partial charge is 0.383 e. The number of rotatable bonds is 6. The van der Waals surface area contributed by atoms with Crippen LogP contribution in [0.1, 0.15) is 25.2 Å². The van der Waals surface area contributed by atoms with Crippen molar-refractivity contribution in [3.8, 4) is 0 Å². The predicted molar refractivity (Wildman–Crippen MR) is 61.9 cm³/mol. The van der Waals surface area contributed by atoms with Gasteiger partial charge < -0.3 is 14.8 Å². The van der Waals surface area contributed by atoms with Gasteiger partial charge in [-0.2, -0.15) is 0 Å². The highest BCUT2D eigenvalue weighted by Crippen LogP contribution is 2.28. The molecule has 0 spiro atoms. The summed E-state index contributed by atoms with van der Waals surface area (Å²) in [6.45, 7) is 2.58. The molecule has 17 heavy (non-hydrogen) atoms. The number of hydrogen-bond donors (Lipinski definition) is 1. The topological polar surface area (TPSA) is 30.5 Å². The maximum Gasteiger partial charge on any atom is 0.188 e. The van der Waals surface area contributed by atoms with Crippen molar-refractivity contribution in [3.63, 3.8) is 0 Å². The van der Waals surface area contributed by atoms with Gasteiger partial charge in [-0.15, -0.1) is 0 Å². The van der Waals surface area contributed by atoms with Crippen LogP contribution in [0.3, 0.4) is 0 Å². The Bertz CT molecular complexity index is 368. The van der Waals surface area contributed by atoms with Crippen LogP contribution >= 0.6 is 0 Å². The van der Waals surface area contributed by atoms with Gasteiger partial charge in [0.1, 0.15) is 5.82 Å². The van der Waals surface area contributed by atoms with E-state index in [2.05, 4.69) is 5.32 Å². The zero-order chi connectivity index (χ0) is 12.8. The number of hydrogen-bond acceptors (Lipinski definition) is 3. The van der Waals surface area contributed by atoms with Crippen molar-refractivity contribution >= 4 is 5.69 Å². The Labute approximate surface area is 99.7 Å². The van der Waals surface area contributed by atoms with Crippen molar-refractivity contribution in [1.29, 1.82) is 0 Å². The minimum Gasteiger partial charge on any atom is -0.383 e. The molecule has 0 bridgehead atoms. The lowest BCUT2D eigenvalue weighted by atomic mass is 10.1. The van der Waals surface area contributed by atoms with Crippen LogP contribution < -0.4 is 5.32 Å². The summed E-state index contributed by atoms with van der Waals surface area (Å²) in [5.74, 6) is -1.36. The van der Waals surface area contributed by atoms with E-state index in [1.807, 2.05) is 6.92 Å². The molecule has 96 valence electrons. The van der Waals surface area contributed by atoms with E-state index in [-0.39, 0.29) is 11.3 Å². The first-order chi connectivity index (χ1) is 8.15. The fourth-order valence-corrected chi connectivity index (χ4v) is 1.51. The van der Waals surface area contributed by atoms with Gasteiger partial charge in [-0.1, -0.05) is 6.92 Å². The molecular formula is C12H17F2NO2. The SMILES string of the molecule is CCCNc1ccc(F)c(C(OC)OC)c1F. The lowest BCUT2D eigenvalue weighted by molar-refractivity contribution is -0.109. The molecule has 1 aromatic rings. The number of methoxy groups -OCH3 is 2. The summed E-state index contributed by atoms with van der Waals surface area (Å²) in [6.07, 6.45) is -0.192. The fourth-order valence-electron chi connectivity index (χ4n) is 1.51. The molecule has 0 radical (unpaired) electrons. The standard InChI is InChI=1S/C12H17F2NO2/c1-4-7-15-9-6-5-8(13)10(11(9)14)12(16-2)17-3/h5-6,12,15H,4,7H2,1-3H3. The van der Waals surface area contributed by atoms with Crippen LogP contribution in [0.4, 0.5) is 14.5 Å². The highest BCUT2D eigenvalue weighted by molar-refractivity contribution is 5.48. The third-order valence-corrected chi connectivity index (χ3v) is 2.36. The second-order valence-electron chi connectivity index (χ2n) is 3.55. The molecule has 0 atom stereocenters. The number of anilines is 1. The Morgan fingerprint density at radius 2 is 1.88 bits per heavy atom. The maximum absolute atomic E-state index is 14.0. The minimum absolute atomic E-state index is 0.212. The van der Waals surface area contributed by atoms with Crippen molar-refractivity contribution in [2.75, 3.05) is 26.1 Å². The van der Waals surface area contributed by atoms with Gasteiger partial charge in [0.2, 0.25) is 0 Å². The molecule has 1 N–H and O–H groups in total. The highest BCUT2D eigenvalue weighted by atomic mass is 19.1. The third-order valence-electron chi connectivity index (χ3n) is 2.36. The summed E-state index contributed by atoms with van der Waals surface area (Å²) in [4.78, 5) is 0. The van der Waals surface area contributed by atoms with E-state index in [1.54, 1.807) is 0 Å². The molecule has 0 heterocycles. The first-order valence-corrected chi connectivity index (χ1v) is 5.43. The van der Waals surface area contributed by atoms with E-state index < -0.39 is 17.9 Å². The third kappa shape index (κ3) is 3.14. The summed E-state index contributed by atoms with van der Waals surface area (Å²) < 4.78 is 37.3. The van der Waals surface area contributed by atoms with Crippen LogP contribution in [0.15, 0.2) is 12.1 Å². The smallest absolute Gasteiger partial charge is 0.188 e. The van der Waals surface area contributed by atoms with Gasteiger partial charge in [-0.25, -0.2) is 8.78 Å². The Morgan fingerprint density at radius 1 is 1.24 bits per heavy atom. The molecule has 0 amide bonds. The summed E-state index contributed by atoms with van der Waals surface area (Å²) in [5.41, 5.74) is 0.0402. The van der Waals surface area contributed by atoms with E-state index in [1.165, 1.54) is 26.4 Å². The molecule has 0 aliphatic heterocycles. The van der Waals surface area contributed by atoms with E-state index in [0.717, 1.165) is 6.42 Å². The maximum atomic E-state index is 14.0. The highest BCUT2D eigenvalue weighted by Gasteiger charge is 2.22. The average molecular weight is 245 g/mol. The monoisotopic (exact) mass is 245 g/mol. The molecule has 0 saturated carbocycles. The summed E-state index contributed by atoms with van der Waals surface area (Å²) in [5, 5.41) is 2.88. The zero-order valence-electron chi connectivity index (χ0n) is 10.2. The quantitative estimate of drug-likeness (QED) is 0.781. The van der Waals surface area contributed by atoms with Gasteiger partial charge in [-0.3, -0.25) is 0 Å². The van der Waals surface area contributed by atoms with Gasteiger partial charge in [-0.05, 0) is 18.6 Å². The van der Waals surface area contributed by atoms with Crippen LogP contribution in [0.2, 0.25) is 0 Å². The van der Waals surface area contributed by atoms with Gasteiger partial charge in [0.05, 0.1) is 11.3 Å². The van der Waals surface area contributed by atoms with Crippen LogP contribution in [0, 0.1) is 11.6 Å². The molecule has 0 saturated heterocycles. The van der Waals surface area contributed by atoms with Crippen molar-refractivity contribution in [3.05, 3.63) is 29.3 Å². The minimum atomic E-state index is -1.04. The number of benzene rings is 1. The van der Waals surface area contributed by atoms with Crippen LogP contribution in [0.25, 0.3) is 0 Å². The molecule has 0 aliphatic carbocycles.